The Hall–Kier alpha value is 0.125. The summed E-state index contributed by atoms with van der Waals surface area (Å²) in [4.78, 5) is 0. The summed E-state index contributed by atoms with van der Waals surface area (Å²) < 4.78 is 0. The number of hydrogen-bond acceptors (Lipinski definition) is 0. The molecule has 0 saturated heterocycles. The Kier molecular flexibility index (Phi) is 2.26. The average molecular weight is 159 g/mol. The van der Waals surface area contributed by atoms with E-state index >= 15 is 0 Å². The van der Waals surface area contributed by atoms with Crippen LogP contribution >= 0.6 is 23.2 Å². The van der Waals surface area contributed by atoms with Gasteiger partial charge in [-0.3, -0.25) is 0 Å². The largest absolute Gasteiger partial charge is 0.118 e. The zero-order valence-electron chi connectivity index (χ0n) is 4.77. The van der Waals surface area contributed by atoms with Gasteiger partial charge in [0.1, 0.15) is 7.85 Å². The van der Waals surface area contributed by atoms with Crippen LogP contribution in [0, 0.1) is 0 Å². The Balaban J connectivity index is 2.74. The molecule has 0 amide bonds. The molecule has 1 unspecified atom stereocenters. The van der Waals surface area contributed by atoms with Gasteiger partial charge in [-0.25, -0.2) is 0 Å². The minimum Gasteiger partial charge on any atom is -0.118 e. The van der Waals surface area contributed by atoms with Crippen LogP contribution in [0.4, 0.5) is 0 Å². The fraction of sp³-hybridized carbons (Fsp3) is 0.333. The number of hydrogen-bond donors (Lipinski definition) is 0. The summed E-state index contributed by atoms with van der Waals surface area (Å²) in [6.45, 7) is 0. The predicted molar refractivity (Wildman–Crippen MR) is 42.0 cm³/mol. The summed E-state index contributed by atoms with van der Waals surface area (Å²) in [5, 5.41) is 0.612. The van der Waals surface area contributed by atoms with E-state index in [2.05, 4.69) is 0 Å². The van der Waals surface area contributed by atoms with Crippen molar-refractivity contribution in [2.75, 3.05) is 0 Å². The van der Waals surface area contributed by atoms with Crippen LogP contribution in [0.25, 0.3) is 0 Å². The van der Waals surface area contributed by atoms with Gasteiger partial charge in [-0.15, -0.1) is 17.1 Å². The van der Waals surface area contributed by atoms with Crippen molar-refractivity contribution in [3.05, 3.63) is 22.7 Å². The van der Waals surface area contributed by atoms with E-state index < -0.39 is 0 Å². The molecule has 46 valence electrons. The third kappa shape index (κ3) is 2.07. The first kappa shape index (κ1) is 7.23. The standard InChI is InChI=1S/C6H5BCl2/c7-4-1-5(8)3-6(9)2-4/h1,3,6H,2H2. The second-order valence-corrected chi connectivity index (χ2v) is 2.99. The van der Waals surface area contributed by atoms with Crippen molar-refractivity contribution in [2.24, 2.45) is 0 Å². The van der Waals surface area contributed by atoms with Crippen LogP contribution in [0.15, 0.2) is 22.7 Å². The average Bonchev–Trinajstić information content (AvgIpc) is 1.59. The minimum absolute atomic E-state index is 0.0255. The molecule has 1 atom stereocenters. The van der Waals surface area contributed by atoms with Crippen LogP contribution in [0.3, 0.4) is 0 Å². The molecule has 1 rings (SSSR count). The molecule has 1 aliphatic rings. The first-order chi connectivity index (χ1) is 4.18. The van der Waals surface area contributed by atoms with E-state index in [1.807, 2.05) is 0 Å². The molecule has 0 spiro atoms. The number of halogens is 2. The molecule has 1 aliphatic carbocycles. The maximum Gasteiger partial charge on any atom is 0.107 e. The van der Waals surface area contributed by atoms with Gasteiger partial charge >= 0.3 is 0 Å². The van der Waals surface area contributed by atoms with Gasteiger partial charge in [-0.1, -0.05) is 17.7 Å². The van der Waals surface area contributed by atoms with E-state index in [1.54, 1.807) is 12.2 Å². The van der Waals surface area contributed by atoms with E-state index in [9.17, 15) is 0 Å². The molecule has 0 aliphatic heterocycles. The molecule has 0 aromatic rings. The van der Waals surface area contributed by atoms with E-state index in [1.165, 1.54) is 0 Å². The highest BCUT2D eigenvalue weighted by Crippen LogP contribution is 2.21. The lowest BCUT2D eigenvalue weighted by molar-refractivity contribution is 1.02. The van der Waals surface area contributed by atoms with Crippen LogP contribution in [0.2, 0.25) is 0 Å². The molecule has 9 heavy (non-hydrogen) atoms. The number of allylic oxidation sites excluding steroid dienone is 4. The van der Waals surface area contributed by atoms with Crippen molar-refractivity contribution in [3.8, 4) is 0 Å². The minimum atomic E-state index is -0.0255. The predicted octanol–water partition coefficient (Wildman–Crippen LogP) is 2.17. The number of rotatable bonds is 0. The smallest absolute Gasteiger partial charge is 0.107 e. The summed E-state index contributed by atoms with van der Waals surface area (Å²) in [5.74, 6) is 0. The monoisotopic (exact) mass is 158 g/mol. The Morgan fingerprint density at radius 2 is 2.33 bits per heavy atom. The third-order valence-corrected chi connectivity index (χ3v) is 1.61. The van der Waals surface area contributed by atoms with Crippen molar-refractivity contribution >= 4 is 31.0 Å². The van der Waals surface area contributed by atoms with Crippen LogP contribution in [0.1, 0.15) is 6.42 Å². The maximum atomic E-state index is 5.72. The van der Waals surface area contributed by atoms with Gasteiger partial charge in [0.15, 0.2) is 0 Å². The van der Waals surface area contributed by atoms with E-state index in [0.29, 0.717) is 11.5 Å². The zero-order chi connectivity index (χ0) is 6.85. The second kappa shape index (κ2) is 2.81. The Bertz CT molecular complexity index is 172. The summed E-state index contributed by atoms with van der Waals surface area (Å²) in [6, 6.07) is 0. The SMILES string of the molecule is [B]C1=CC(Cl)=CC(Cl)C1. The fourth-order valence-electron chi connectivity index (χ4n) is 0.741. The van der Waals surface area contributed by atoms with Crippen LogP contribution in [-0.2, 0) is 0 Å². The highest BCUT2D eigenvalue weighted by Gasteiger charge is 2.07. The van der Waals surface area contributed by atoms with E-state index in [0.717, 1.165) is 5.47 Å². The van der Waals surface area contributed by atoms with E-state index in [-0.39, 0.29) is 5.38 Å². The molecule has 0 heterocycles. The van der Waals surface area contributed by atoms with Crippen LogP contribution in [-0.4, -0.2) is 13.2 Å². The van der Waals surface area contributed by atoms with Crippen molar-refractivity contribution in [1.82, 2.24) is 0 Å². The van der Waals surface area contributed by atoms with Crippen molar-refractivity contribution < 1.29 is 0 Å². The molecule has 0 aromatic carbocycles. The first-order valence-corrected chi connectivity index (χ1v) is 3.47. The molecule has 0 aromatic heterocycles. The molecule has 0 N–H and O–H groups in total. The van der Waals surface area contributed by atoms with Gasteiger partial charge in [0.05, 0.1) is 5.38 Å². The lowest BCUT2D eigenvalue weighted by Gasteiger charge is -2.10. The lowest BCUT2D eigenvalue weighted by Crippen LogP contribution is -2.01. The lowest BCUT2D eigenvalue weighted by atomic mass is 9.88. The van der Waals surface area contributed by atoms with Crippen molar-refractivity contribution in [2.45, 2.75) is 11.8 Å². The number of alkyl halides is 1. The molecular weight excluding hydrogens is 154 g/mol. The van der Waals surface area contributed by atoms with Gasteiger partial charge < -0.3 is 0 Å². The summed E-state index contributed by atoms with van der Waals surface area (Å²) in [6.07, 6.45) is 4.21. The molecular formula is C6H5BCl2. The normalized spacial score (nSPS) is 27.1. The quantitative estimate of drug-likeness (QED) is 0.375. The summed E-state index contributed by atoms with van der Waals surface area (Å²) >= 11 is 11.4. The Morgan fingerprint density at radius 3 is 2.78 bits per heavy atom. The zero-order valence-corrected chi connectivity index (χ0v) is 6.28. The van der Waals surface area contributed by atoms with Crippen molar-refractivity contribution in [3.63, 3.8) is 0 Å². The highest BCUT2D eigenvalue weighted by molar-refractivity contribution is 6.34. The molecule has 3 heteroatoms. The highest BCUT2D eigenvalue weighted by atomic mass is 35.5. The van der Waals surface area contributed by atoms with Crippen molar-refractivity contribution in [1.29, 1.82) is 0 Å². The molecule has 0 bridgehead atoms. The third-order valence-electron chi connectivity index (χ3n) is 1.09. The molecule has 2 radical (unpaired) electrons. The summed E-state index contributed by atoms with van der Waals surface area (Å²) in [5.41, 5.74) is 0.752. The summed E-state index contributed by atoms with van der Waals surface area (Å²) in [7, 11) is 5.47. The first-order valence-electron chi connectivity index (χ1n) is 2.66. The van der Waals surface area contributed by atoms with E-state index in [4.69, 9.17) is 31.0 Å². The van der Waals surface area contributed by atoms with Gasteiger partial charge in [0, 0.05) is 5.03 Å². The fourth-order valence-corrected chi connectivity index (χ4v) is 1.41. The Labute approximate surface area is 65.9 Å². The van der Waals surface area contributed by atoms with Gasteiger partial charge in [-0.2, -0.15) is 0 Å². The molecule has 0 fully saturated rings. The van der Waals surface area contributed by atoms with Crippen LogP contribution < -0.4 is 0 Å². The molecule has 0 nitrogen and oxygen atoms in total. The Morgan fingerprint density at radius 1 is 1.67 bits per heavy atom. The van der Waals surface area contributed by atoms with Gasteiger partial charge in [0.2, 0.25) is 0 Å². The molecule has 0 saturated carbocycles. The topological polar surface area (TPSA) is 0 Å². The van der Waals surface area contributed by atoms with Gasteiger partial charge in [-0.05, 0) is 12.5 Å². The van der Waals surface area contributed by atoms with Gasteiger partial charge in [0.25, 0.3) is 0 Å². The maximum absolute atomic E-state index is 5.72. The second-order valence-electron chi connectivity index (χ2n) is 1.99. The van der Waals surface area contributed by atoms with Crippen LogP contribution in [0.5, 0.6) is 0 Å².